The van der Waals surface area contributed by atoms with E-state index in [1.54, 1.807) is 6.07 Å². The zero-order valence-electron chi connectivity index (χ0n) is 10.3. The van der Waals surface area contributed by atoms with Gasteiger partial charge in [0, 0.05) is 6.54 Å². The lowest BCUT2D eigenvalue weighted by molar-refractivity contribution is 0.627. The molecule has 0 aliphatic rings. The van der Waals surface area contributed by atoms with Gasteiger partial charge in [-0.3, -0.25) is 0 Å². The second kappa shape index (κ2) is 6.44. The minimum Gasteiger partial charge on any atom is -0.313 e. The fourth-order valence-electron chi connectivity index (χ4n) is 1.55. The Morgan fingerprint density at radius 2 is 2.19 bits per heavy atom. The Kier molecular flexibility index (Phi) is 5.20. The third-order valence-electron chi connectivity index (χ3n) is 2.47. The van der Waals surface area contributed by atoms with Gasteiger partial charge < -0.3 is 5.32 Å². The smallest absolute Gasteiger partial charge is 0.123 e. The van der Waals surface area contributed by atoms with Crippen molar-refractivity contribution in [1.29, 1.82) is 0 Å². The van der Waals surface area contributed by atoms with E-state index in [0.717, 1.165) is 30.6 Å². The number of halogens is 1. The van der Waals surface area contributed by atoms with E-state index in [1.165, 1.54) is 11.6 Å². The van der Waals surface area contributed by atoms with Crippen LogP contribution in [0.1, 0.15) is 31.4 Å². The molecular formula is C14H20FN. The Morgan fingerprint density at radius 3 is 2.88 bits per heavy atom. The van der Waals surface area contributed by atoms with Crippen LogP contribution in [0, 0.1) is 12.7 Å². The van der Waals surface area contributed by atoms with Crippen molar-refractivity contribution in [2.24, 2.45) is 0 Å². The average Bonchev–Trinajstić information content (AvgIpc) is 2.24. The van der Waals surface area contributed by atoms with Crippen molar-refractivity contribution in [2.75, 3.05) is 13.1 Å². The lowest BCUT2D eigenvalue weighted by atomic mass is 10.1. The molecule has 0 atom stereocenters. The maximum absolute atomic E-state index is 13.1. The van der Waals surface area contributed by atoms with Gasteiger partial charge in [0.1, 0.15) is 5.82 Å². The van der Waals surface area contributed by atoms with Crippen molar-refractivity contribution in [3.8, 4) is 0 Å². The molecular weight excluding hydrogens is 201 g/mol. The van der Waals surface area contributed by atoms with Crippen molar-refractivity contribution in [2.45, 2.75) is 27.2 Å². The van der Waals surface area contributed by atoms with E-state index < -0.39 is 0 Å². The highest BCUT2D eigenvalue weighted by Crippen LogP contribution is 2.13. The summed E-state index contributed by atoms with van der Waals surface area (Å²) in [6.45, 7) is 8.09. The van der Waals surface area contributed by atoms with E-state index in [9.17, 15) is 4.39 Å². The monoisotopic (exact) mass is 221 g/mol. The number of benzene rings is 1. The number of hydrogen-bond donors (Lipinski definition) is 1. The Hall–Kier alpha value is -1.15. The normalized spacial score (nSPS) is 11.9. The van der Waals surface area contributed by atoms with Crippen LogP contribution < -0.4 is 5.32 Å². The van der Waals surface area contributed by atoms with Crippen LogP contribution >= 0.6 is 0 Å². The van der Waals surface area contributed by atoms with Crippen LogP contribution in [0.4, 0.5) is 4.39 Å². The van der Waals surface area contributed by atoms with Gasteiger partial charge in [-0.15, -0.1) is 0 Å². The summed E-state index contributed by atoms with van der Waals surface area (Å²) in [4.78, 5) is 0. The molecule has 0 unspecified atom stereocenters. The van der Waals surface area contributed by atoms with E-state index in [1.807, 2.05) is 19.1 Å². The molecule has 0 amide bonds. The number of rotatable bonds is 5. The van der Waals surface area contributed by atoms with Crippen LogP contribution in [0.2, 0.25) is 0 Å². The molecule has 1 aromatic rings. The zero-order valence-corrected chi connectivity index (χ0v) is 10.3. The van der Waals surface area contributed by atoms with Gasteiger partial charge in [0.25, 0.3) is 0 Å². The fourth-order valence-corrected chi connectivity index (χ4v) is 1.55. The van der Waals surface area contributed by atoms with Crippen molar-refractivity contribution in [3.63, 3.8) is 0 Å². The highest BCUT2D eigenvalue weighted by Gasteiger charge is 1.98. The molecule has 0 radical (unpaired) electrons. The van der Waals surface area contributed by atoms with Gasteiger partial charge >= 0.3 is 0 Å². The molecule has 0 aromatic heterocycles. The predicted octanol–water partition coefficient (Wildman–Crippen LogP) is 3.54. The molecule has 0 saturated heterocycles. The third-order valence-corrected chi connectivity index (χ3v) is 2.47. The minimum atomic E-state index is -0.175. The lowest BCUT2D eigenvalue weighted by Gasteiger charge is -2.05. The molecule has 0 spiro atoms. The highest BCUT2D eigenvalue weighted by molar-refractivity contribution is 5.56. The molecule has 1 N–H and O–H groups in total. The third kappa shape index (κ3) is 4.15. The first-order valence-corrected chi connectivity index (χ1v) is 5.77. The Bertz CT molecular complexity index is 369. The summed E-state index contributed by atoms with van der Waals surface area (Å²) in [6, 6.07) is 4.89. The lowest BCUT2D eigenvalue weighted by Crippen LogP contribution is -2.16. The first-order chi connectivity index (χ1) is 7.63. The van der Waals surface area contributed by atoms with Crippen molar-refractivity contribution in [1.82, 2.24) is 5.32 Å². The summed E-state index contributed by atoms with van der Waals surface area (Å²) in [6.07, 6.45) is 3.17. The second-order valence-electron chi connectivity index (χ2n) is 4.17. The van der Waals surface area contributed by atoms with Gasteiger partial charge in [0.05, 0.1) is 0 Å². The Labute approximate surface area is 97.4 Å². The number of hydrogen-bond acceptors (Lipinski definition) is 1. The maximum Gasteiger partial charge on any atom is 0.123 e. The summed E-state index contributed by atoms with van der Waals surface area (Å²) >= 11 is 0. The molecule has 0 bridgehead atoms. The van der Waals surface area contributed by atoms with E-state index in [2.05, 4.69) is 19.2 Å². The highest BCUT2D eigenvalue weighted by atomic mass is 19.1. The van der Waals surface area contributed by atoms with E-state index in [4.69, 9.17) is 0 Å². The molecule has 0 heterocycles. The largest absolute Gasteiger partial charge is 0.313 e. The minimum absolute atomic E-state index is 0.175. The fraction of sp³-hybridized carbons (Fsp3) is 0.429. The van der Waals surface area contributed by atoms with Gasteiger partial charge in [-0.05, 0) is 50.1 Å². The molecule has 0 aliphatic carbocycles. The Balaban J connectivity index is 2.69. The van der Waals surface area contributed by atoms with Crippen molar-refractivity contribution >= 4 is 6.08 Å². The SMILES string of the molecule is CCCNC/C(C)=C/c1cc(F)ccc1C. The van der Waals surface area contributed by atoms with Gasteiger partial charge in [-0.2, -0.15) is 0 Å². The molecule has 1 nitrogen and oxygen atoms in total. The molecule has 16 heavy (non-hydrogen) atoms. The number of aryl methyl sites for hydroxylation is 1. The topological polar surface area (TPSA) is 12.0 Å². The van der Waals surface area contributed by atoms with Crippen LogP contribution in [0.25, 0.3) is 6.08 Å². The molecule has 1 rings (SSSR count). The summed E-state index contributed by atoms with van der Waals surface area (Å²) in [7, 11) is 0. The number of nitrogens with one attached hydrogen (secondary N) is 1. The molecule has 0 saturated carbocycles. The quantitative estimate of drug-likeness (QED) is 0.750. The first-order valence-electron chi connectivity index (χ1n) is 5.77. The Morgan fingerprint density at radius 1 is 1.44 bits per heavy atom. The average molecular weight is 221 g/mol. The molecule has 0 aliphatic heterocycles. The summed E-state index contributed by atoms with van der Waals surface area (Å²) in [5, 5.41) is 3.33. The van der Waals surface area contributed by atoms with Crippen LogP contribution in [-0.2, 0) is 0 Å². The molecule has 0 fully saturated rings. The van der Waals surface area contributed by atoms with Crippen molar-refractivity contribution in [3.05, 3.63) is 40.7 Å². The summed E-state index contributed by atoms with van der Waals surface area (Å²) < 4.78 is 13.1. The van der Waals surface area contributed by atoms with Crippen LogP contribution in [0.5, 0.6) is 0 Å². The van der Waals surface area contributed by atoms with Crippen LogP contribution in [-0.4, -0.2) is 13.1 Å². The van der Waals surface area contributed by atoms with Gasteiger partial charge in [0.15, 0.2) is 0 Å². The second-order valence-corrected chi connectivity index (χ2v) is 4.17. The summed E-state index contributed by atoms with van der Waals surface area (Å²) in [5.41, 5.74) is 3.30. The standard InChI is InChI=1S/C14H20FN/c1-4-7-16-10-11(2)8-13-9-14(15)6-5-12(13)3/h5-6,8-9,16H,4,7,10H2,1-3H3/b11-8+. The zero-order chi connectivity index (χ0) is 12.0. The predicted molar refractivity (Wildman–Crippen MR) is 67.9 cm³/mol. The molecule has 88 valence electrons. The summed E-state index contributed by atoms with van der Waals surface area (Å²) in [5.74, 6) is -0.175. The van der Waals surface area contributed by atoms with Gasteiger partial charge in [0.2, 0.25) is 0 Å². The maximum atomic E-state index is 13.1. The van der Waals surface area contributed by atoms with Gasteiger partial charge in [-0.25, -0.2) is 4.39 Å². The van der Waals surface area contributed by atoms with Crippen LogP contribution in [0.15, 0.2) is 23.8 Å². The van der Waals surface area contributed by atoms with E-state index >= 15 is 0 Å². The van der Waals surface area contributed by atoms with E-state index in [-0.39, 0.29) is 5.82 Å². The first kappa shape index (κ1) is 12.9. The molecule has 2 heteroatoms. The van der Waals surface area contributed by atoms with Gasteiger partial charge in [-0.1, -0.05) is 24.6 Å². The van der Waals surface area contributed by atoms with Crippen molar-refractivity contribution < 1.29 is 4.39 Å². The molecule has 1 aromatic carbocycles. The van der Waals surface area contributed by atoms with Crippen LogP contribution in [0.3, 0.4) is 0 Å². The van der Waals surface area contributed by atoms with E-state index in [0.29, 0.717) is 0 Å².